The maximum atomic E-state index is 11.6. The van der Waals surface area contributed by atoms with Gasteiger partial charge in [0.15, 0.2) is 0 Å². The summed E-state index contributed by atoms with van der Waals surface area (Å²) in [4.78, 5) is 23.0. The van der Waals surface area contributed by atoms with E-state index < -0.39 is 17.9 Å². The second-order valence-corrected chi connectivity index (χ2v) is 4.48. The standard InChI is InChI=1S/C10H17NO4S2/c1-6(2)11(17)9(16)7(10(13)15-4)5-8(12)14-3/h6-7,17H,5H2,1-4H3. The van der Waals surface area contributed by atoms with E-state index in [0.29, 0.717) is 0 Å². The van der Waals surface area contributed by atoms with Crippen LogP contribution in [0.25, 0.3) is 0 Å². The number of nitrogens with zero attached hydrogens (tertiary/aromatic N) is 1. The van der Waals surface area contributed by atoms with Crippen LogP contribution < -0.4 is 0 Å². The second-order valence-electron chi connectivity index (χ2n) is 3.63. The van der Waals surface area contributed by atoms with Crippen LogP contribution >= 0.6 is 25.0 Å². The lowest BCUT2D eigenvalue weighted by molar-refractivity contribution is -0.149. The maximum Gasteiger partial charge on any atom is 0.316 e. The molecular weight excluding hydrogens is 262 g/mol. The number of hydrogen-bond donors (Lipinski definition) is 1. The van der Waals surface area contributed by atoms with Gasteiger partial charge in [0.25, 0.3) is 0 Å². The second kappa shape index (κ2) is 7.50. The minimum atomic E-state index is -0.845. The first-order chi connectivity index (χ1) is 7.84. The van der Waals surface area contributed by atoms with Crippen molar-refractivity contribution < 1.29 is 19.1 Å². The molecule has 0 rings (SSSR count). The van der Waals surface area contributed by atoms with Gasteiger partial charge < -0.3 is 13.8 Å². The van der Waals surface area contributed by atoms with E-state index in [1.165, 1.54) is 18.5 Å². The average Bonchev–Trinajstić information content (AvgIpc) is 2.32. The Morgan fingerprint density at radius 2 is 1.82 bits per heavy atom. The molecule has 1 unspecified atom stereocenters. The molecule has 5 nitrogen and oxygen atoms in total. The normalized spacial score (nSPS) is 11.9. The molecule has 0 N–H and O–H groups in total. The lowest BCUT2D eigenvalue weighted by atomic mass is 10.1. The number of thiocarbonyl (C=S) groups is 1. The summed E-state index contributed by atoms with van der Waals surface area (Å²) in [5.74, 6) is -1.93. The van der Waals surface area contributed by atoms with Crippen LogP contribution in [0, 0.1) is 5.92 Å². The molecule has 0 heterocycles. The van der Waals surface area contributed by atoms with Crippen LogP contribution in [-0.2, 0) is 19.1 Å². The molecule has 17 heavy (non-hydrogen) atoms. The Hall–Kier alpha value is -0.820. The third-order valence-electron chi connectivity index (χ3n) is 2.10. The quantitative estimate of drug-likeness (QED) is 0.464. The molecule has 0 spiro atoms. The largest absolute Gasteiger partial charge is 0.469 e. The fourth-order valence-corrected chi connectivity index (χ4v) is 1.61. The summed E-state index contributed by atoms with van der Waals surface area (Å²) >= 11 is 9.30. The number of rotatable bonds is 5. The van der Waals surface area contributed by atoms with Crippen LogP contribution in [0.2, 0.25) is 0 Å². The van der Waals surface area contributed by atoms with Crippen molar-refractivity contribution in [3.63, 3.8) is 0 Å². The van der Waals surface area contributed by atoms with E-state index in [0.717, 1.165) is 0 Å². The molecule has 0 aliphatic carbocycles. The smallest absolute Gasteiger partial charge is 0.316 e. The molecule has 0 bridgehead atoms. The van der Waals surface area contributed by atoms with Gasteiger partial charge in [0.1, 0.15) is 10.9 Å². The number of carbonyl (C=O) groups excluding carboxylic acids is 2. The van der Waals surface area contributed by atoms with Crippen molar-refractivity contribution in [3.05, 3.63) is 0 Å². The van der Waals surface area contributed by atoms with Crippen LogP contribution in [0.5, 0.6) is 0 Å². The van der Waals surface area contributed by atoms with E-state index in [-0.39, 0.29) is 17.5 Å². The molecule has 0 amide bonds. The summed E-state index contributed by atoms with van der Waals surface area (Å²) in [5, 5.41) is 0. The monoisotopic (exact) mass is 279 g/mol. The van der Waals surface area contributed by atoms with Crippen molar-refractivity contribution in [1.29, 1.82) is 0 Å². The molecule has 98 valence electrons. The first kappa shape index (κ1) is 16.2. The van der Waals surface area contributed by atoms with Crippen molar-refractivity contribution in [2.45, 2.75) is 26.3 Å². The minimum absolute atomic E-state index is 0.00985. The van der Waals surface area contributed by atoms with E-state index >= 15 is 0 Å². The van der Waals surface area contributed by atoms with Gasteiger partial charge in [0.05, 0.1) is 20.6 Å². The SMILES string of the molecule is COC(=O)CC(C(=O)OC)C(=S)N(S)C(C)C. The van der Waals surface area contributed by atoms with Crippen LogP contribution in [-0.4, -0.2) is 41.5 Å². The highest BCUT2D eigenvalue weighted by Gasteiger charge is 2.30. The van der Waals surface area contributed by atoms with Gasteiger partial charge in [-0.2, -0.15) is 0 Å². The fraction of sp³-hybridized carbons (Fsp3) is 0.700. The predicted molar refractivity (Wildman–Crippen MR) is 70.7 cm³/mol. The van der Waals surface area contributed by atoms with Gasteiger partial charge in [-0.05, 0) is 13.8 Å². The summed E-state index contributed by atoms with van der Waals surface area (Å²) in [6.45, 7) is 3.73. The fourth-order valence-electron chi connectivity index (χ4n) is 1.08. The molecule has 0 saturated carbocycles. The highest BCUT2D eigenvalue weighted by molar-refractivity contribution is 7.84. The van der Waals surface area contributed by atoms with Gasteiger partial charge >= 0.3 is 11.9 Å². The van der Waals surface area contributed by atoms with Crippen molar-refractivity contribution in [2.75, 3.05) is 14.2 Å². The Kier molecular flexibility index (Phi) is 7.13. The predicted octanol–water partition coefficient (Wildman–Crippen LogP) is 1.22. The van der Waals surface area contributed by atoms with Gasteiger partial charge in [0, 0.05) is 6.04 Å². The molecule has 0 aliphatic heterocycles. The molecule has 0 aromatic rings. The van der Waals surface area contributed by atoms with Crippen molar-refractivity contribution in [1.82, 2.24) is 4.31 Å². The zero-order chi connectivity index (χ0) is 13.6. The molecular formula is C10H17NO4S2. The number of thiol groups is 1. The van der Waals surface area contributed by atoms with Crippen molar-refractivity contribution in [2.24, 2.45) is 5.92 Å². The molecule has 0 aliphatic rings. The van der Waals surface area contributed by atoms with E-state index in [1.54, 1.807) is 0 Å². The summed E-state index contributed by atoms with van der Waals surface area (Å²) in [5.41, 5.74) is 0. The maximum absolute atomic E-state index is 11.6. The number of carbonyl (C=O) groups is 2. The average molecular weight is 279 g/mol. The number of methoxy groups -OCH3 is 2. The Bertz CT molecular complexity index is 307. The Labute approximate surface area is 112 Å². The molecule has 0 aromatic carbocycles. The van der Waals surface area contributed by atoms with Crippen LogP contribution in [0.15, 0.2) is 0 Å². The highest BCUT2D eigenvalue weighted by atomic mass is 32.1. The molecule has 0 radical (unpaired) electrons. The first-order valence-corrected chi connectivity index (χ1v) is 5.82. The van der Waals surface area contributed by atoms with Gasteiger partial charge in [-0.3, -0.25) is 9.59 Å². The topological polar surface area (TPSA) is 55.8 Å². The lowest BCUT2D eigenvalue weighted by Gasteiger charge is -2.26. The van der Waals surface area contributed by atoms with E-state index in [1.807, 2.05) is 13.8 Å². The molecule has 0 fully saturated rings. The summed E-state index contributed by atoms with van der Waals surface area (Å²) < 4.78 is 10.6. The number of esters is 2. The van der Waals surface area contributed by atoms with Gasteiger partial charge in [-0.25, -0.2) is 0 Å². The third kappa shape index (κ3) is 4.91. The zero-order valence-electron chi connectivity index (χ0n) is 10.3. The Balaban J connectivity index is 4.86. The van der Waals surface area contributed by atoms with Crippen LogP contribution in [0.1, 0.15) is 20.3 Å². The van der Waals surface area contributed by atoms with Crippen molar-refractivity contribution >= 4 is 42.0 Å². The van der Waals surface area contributed by atoms with Gasteiger partial charge in [0.2, 0.25) is 0 Å². The molecule has 0 saturated heterocycles. The van der Waals surface area contributed by atoms with E-state index in [9.17, 15) is 9.59 Å². The lowest BCUT2D eigenvalue weighted by Crippen LogP contribution is -2.38. The highest BCUT2D eigenvalue weighted by Crippen LogP contribution is 2.17. The van der Waals surface area contributed by atoms with E-state index in [4.69, 9.17) is 12.2 Å². The summed E-state index contributed by atoms with van der Waals surface area (Å²) in [6.07, 6.45) is -0.147. The molecule has 7 heteroatoms. The molecule has 0 aromatic heterocycles. The number of ether oxygens (including phenoxy) is 2. The van der Waals surface area contributed by atoms with Crippen LogP contribution in [0.4, 0.5) is 0 Å². The van der Waals surface area contributed by atoms with Gasteiger partial charge in [-0.15, -0.1) is 0 Å². The van der Waals surface area contributed by atoms with Crippen LogP contribution in [0.3, 0.4) is 0 Å². The Morgan fingerprint density at radius 3 is 2.18 bits per heavy atom. The minimum Gasteiger partial charge on any atom is -0.469 e. The Morgan fingerprint density at radius 1 is 1.29 bits per heavy atom. The first-order valence-electron chi connectivity index (χ1n) is 5.01. The zero-order valence-corrected chi connectivity index (χ0v) is 12.0. The summed E-state index contributed by atoms with van der Waals surface area (Å²) in [7, 11) is 2.49. The third-order valence-corrected chi connectivity index (χ3v) is 3.39. The van der Waals surface area contributed by atoms with Gasteiger partial charge in [-0.1, -0.05) is 25.0 Å². The number of hydrogen-bond acceptors (Lipinski definition) is 6. The summed E-state index contributed by atoms with van der Waals surface area (Å²) in [6, 6.07) is 0.00985. The van der Waals surface area contributed by atoms with Crippen molar-refractivity contribution in [3.8, 4) is 0 Å². The molecule has 1 atom stereocenters. The van der Waals surface area contributed by atoms with E-state index in [2.05, 4.69) is 22.3 Å².